The Morgan fingerprint density at radius 2 is 2.15 bits per heavy atom. The van der Waals surface area contributed by atoms with E-state index >= 15 is 0 Å². The number of phenolic OH excluding ortho intramolecular Hbond substituents is 1. The van der Waals surface area contributed by atoms with Crippen molar-refractivity contribution >= 4 is 15.7 Å². The summed E-state index contributed by atoms with van der Waals surface area (Å²) in [7, 11) is -3.85. The minimum absolute atomic E-state index is 0.116. The lowest BCUT2D eigenvalue weighted by atomic mass is 10.3. The normalized spacial score (nSPS) is 11.5. The van der Waals surface area contributed by atoms with Crippen molar-refractivity contribution in [3.05, 3.63) is 41.0 Å². The molecule has 0 amide bonds. The number of sulfonamides is 1. The fraction of sp³-hybridized carbons (Fsp3) is 0.333. The standard InChI is InChI=1S/C12H16N2O5S/c1-3-7-13(8-4-2)20(18,19)10-5-6-12(15)11(9-10)14(16)17/h3,5-6,9,15H,1,4,7-8H2,2H3. The minimum Gasteiger partial charge on any atom is -0.502 e. The van der Waals surface area contributed by atoms with Gasteiger partial charge in [-0.05, 0) is 18.6 Å². The number of nitro benzene ring substituents is 1. The molecule has 0 spiro atoms. The first-order valence-corrected chi connectivity index (χ1v) is 7.37. The number of benzene rings is 1. The first-order chi connectivity index (χ1) is 9.34. The van der Waals surface area contributed by atoms with Gasteiger partial charge in [-0.3, -0.25) is 10.1 Å². The van der Waals surface area contributed by atoms with Gasteiger partial charge < -0.3 is 5.11 Å². The van der Waals surface area contributed by atoms with Crippen LogP contribution in [-0.2, 0) is 10.0 Å². The van der Waals surface area contributed by atoms with Crippen molar-refractivity contribution in [2.24, 2.45) is 0 Å². The molecule has 20 heavy (non-hydrogen) atoms. The minimum atomic E-state index is -3.85. The number of hydrogen-bond acceptors (Lipinski definition) is 5. The number of nitro groups is 1. The summed E-state index contributed by atoms with van der Waals surface area (Å²) in [6.45, 7) is 5.72. The zero-order valence-corrected chi connectivity index (χ0v) is 11.8. The molecular weight excluding hydrogens is 284 g/mol. The Morgan fingerprint density at radius 1 is 1.50 bits per heavy atom. The molecule has 0 aliphatic carbocycles. The topological polar surface area (TPSA) is 101 Å². The predicted molar refractivity (Wildman–Crippen MR) is 74.0 cm³/mol. The van der Waals surface area contributed by atoms with E-state index in [-0.39, 0.29) is 18.0 Å². The van der Waals surface area contributed by atoms with Crippen molar-refractivity contribution in [2.45, 2.75) is 18.2 Å². The van der Waals surface area contributed by atoms with Crippen molar-refractivity contribution in [3.8, 4) is 5.75 Å². The quantitative estimate of drug-likeness (QED) is 0.471. The van der Waals surface area contributed by atoms with Crippen LogP contribution in [0.1, 0.15) is 13.3 Å². The fourth-order valence-corrected chi connectivity index (χ4v) is 3.19. The molecule has 1 rings (SSSR count). The smallest absolute Gasteiger partial charge is 0.312 e. The van der Waals surface area contributed by atoms with Gasteiger partial charge in [0.15, 0.2) is 5.75 Å². The van der Waals surface area contributed by atoms with E-state index in [1.54, 1.807) is 0 Å². The molecule has 1 aromatic carbocycles. The second kappa shape index (κ2) is 6.49. The number of phenols is 1. The SMILES string of the molecule is C=CCN(CCC)S(=O)(=O)c1ccc(O)c([N+](=O)[O-])c1. The average Bonchev–Trinajstić information content (AvgIpc) is 2.38. The van der Waals surface area contributed by atoms with Crippen molar-refractivity contribution in [3.63, 3.8) is 0 Å². The molecular formula is C12H16N2O5S. The third-order valence-electron chi connectivity index (χ3n) is 2.59. The van der Waals surface area contributed by atoms with Crippen molar-refractivity contribution in [2.75, 3.05) is 13.1 Å². The summed E-state index contributed by atoms with van der Waals surface area (Å²) in [5.41, 5.74) is -0.638. The highest BCUT2D eigenvalue weighted by molar-refractivity contribution is 7.89. The van der Waals surface area contributed by atoms with E-state index in [0.29, 0.717) is 6.42 Å². The highest BCUT2D eigenvalue weighted by Crippen LogP contribution is 2.29. The van der Waals surface area contributed by atoms with Gasteiger partial charge in [-0.15, -0.1) is 6.58 Å². The third-order valence-corrected chi connectivity index (χ3v) is 4.45. The van der Waals surface area contributed by atoms with Crippen LogP contribution in [0, 0.1) is 10.1 Å². The van der Waals surface area contributed by atoms with Gasteiger partial charge in [-0.2, -0.15) is 4.31 Å². The van der Waals surface area contributed by atoms with E-state index < -0.39 is 26.4 Å². The molecule has 0 unspecified atom stereocenters. The zero-order valence-electron chi connectivity index (χ0n) is 11.0. The summed E-state index contributed by atoms with van der Waals surface area (Å²) in [4.78, 5) is 9.69. The van der Waals surface area contributed by atoms with Gasteiger partial charge in [0, 0.05) is 19.2 Å². The van der Waals surface area contributed by atoms with Crippen LogP contribution in [0.15, 0.2) is 35.7 Å². The van der Waals surface area contributed by atoms with E-state index in [2.05, 4.69) is 6.58 Å². The van der Waals surface area contributed by atoms with E-state index in [4.69, 9.17) is 0 Å². The maximum atomic E-state index is 12.4. The number of aromatic hydroxyl groups is 1. The Labute approximate surface area is 117 Å². The van der Waals surface area contributed by atoms with Crippen LogP contribution in [0.2, 0.25) is 0 Å². The van der Waals surface area contributed by atoms with Crippen LogP contribution in [0.25, 0.3) is 0 Å². The van der Waals surface area contributed by atoms with Gasteiger partial charge in [0.25, 0.3) is 0 Å². The summed E-state index contributed by atoms with van der Waals surface area (Å²) < 4.78 is 25.9. The molecule has 0 saturated carbocycles. The number of hydrogen-bond donors (Lipinski definition) is 1. The third kappa shape index (κ3) is 3.34. The predicted octanol–water partition coefficient (Wildman–Crippen LogP) is 1.89. The molecule has 0 bridgehead atoms. The number of nitrogens with zero attached hydrogens (tertiary/aromatic N) is 2. The van der Waals surface area contributed by atoms with Crippen LogP contribution in [0.5, 0.6) is 5.75 Å². The van der Waals surface area contributed by atoms with Gasteiger partial charge in [0.1, 0.15) is 0 Å². The molecule has 0 saturated heterocycles. The highest BCUT2D eigenvalue weighted by Gasteiger charge is 2.26. The Hall–Kier alpha value is -1.93. The lowest BCUT2D eigenvalue weighted by Gasteiger charge is -2.19. The maximum Gasteiger partial charge on any atom is 0.312 e. The van der Waals surface area contributed by atoms with Crippen molar-refractivity contribution < 1.29 is 18.4 Å². The molecule has 0 radical (unpaired) electrons. The lowest BCUT2D eigenvalue weighted by Crippen LogP contribution is -2.32. The number of rotatable bonds is 7. The molecule has 0 atom stereocenters. The first kappa shape index (κ1) is 16.1. The molecule has 110 valence electrons. The molecule has 0 aliphatic rings. The van der Waals surface area contributed by atoms with Crippen LogP contribution in [0.3, 0.4) is 0 Å². The van der Waals surface area contributed by atoms with Crippen LogP contribution >= 0.6 is 0 Å². The Balaban J connectivity index is 3.30. The second-order valence-electron chi connectivity index (χ2n) is 4.06. The second-order valence-corrected chi connectivity index (χ2v) is 6.00. The summed E-state index contributed by atoms with van der Waals surface area (Å²) in [5, 5.41) is 20.1. The molecule has 0 aliphatic heterocycles. The van der Waals surface area contributed by atoms with Crippen LogP contribution in [-0.4, -0.2) is 35.8 Å². The Morgan fingerprint density at radius 3 is 2.65 bits per heavy atom. The zero-order chi connectivity index (χ0) is 15.3. The summed E-state index contributed by atoms with van der Waals surface area (Å²) >= 11 is 0. The molecule has 1 N–H and O–H groups in total. The Bertz CT molecular complexity index is 612. The molecule has 8 heteroatoms. The average molecular weight is 300 g/mol. The van der Waals surface area contributed by atoms with Gasteiger partial charge in [0.05, 0.1) is 9.82 Å². The van der Waals surface area contributed by atoms with Gasteiger partial charge >= 0.3 is 5.69 Å². The summed E-state index contributed by atoms with van der Waals surface area (Å²) in [5.74, 6) is -0.570. The highest BCUT2D eigenvalue weighted by atomic mass is 32.2. The van der Waals surface area contributed by atoms with Crippen molar-refractivity contribution in [1.82, 2.24) is 4.31 Å². The Kier molecular flexibility index (Phi) is 5.23. The van der Waals surface area contributed by atoms with E-state index in [9.17, 15) is 23.6 Å². The summed E-state index contributed by atoms with van der Waals surface area (Å²) in [6, 6.07) is 3.00. The van der Waals surface area contributed by atoms with Crippen LogP contribution in [0.4, 0.5) is 5.69 Å². The molecule has 1 aromatic rings. The fourth-order valence-electron chi connectivity index (χ4n) is 1.66. The van der Waals surface area contributed by atoms with Gasteiger partial charge in [-0.25, -0.2) is 8.42 Å². The van der Waals surface area contributed by atoms with Crippen LogP contribution < -0.4 is 0 Å². The summed E-state index contributed by atoms with van der Waals surface area (Å²) in [6.07, 6.45) is 2.05. The molecule has 0 heterocycles. The van der Waals surface area contributed by atoms with E-state index in [1.807, 2.05) is 6.92 Å². The monoisotopic (exact) mass is 300 g/mol. The maximum absolute atomic E-state index is 12.4. The van der Waals surface area contributed by atoms with E-state index in [1.165, 1.54) is 10.4 Å². The largest absolute Gasteiger partial charge is 0.502 e. The molecule has 7 nitrogen and oxygen atoms in total. The van der Waals surface area contributed by atoms with Gasteiger partial charge in [-0.1, -0.05) is 13.0 Å². The molecule has 0 aromatic heterocycles. The lowest BCUT2D eigenvalue weighted by molar-refractivity contribution is -0.386. The van der Waals surface area contributed by atoms with Gasteiger partial charge in [0.2, 0.25) is 10.0 Å². The first-order valence-electron chi connectivity index (χ1n) is 5.93. The van der Waals surface area contributed by atoms with E-state index in [0.717, 1.165) is 18.2 Å². The molecule has 0 fully saturated rings. The van der Waals surface area contributed by atoms with Crippen molar-refractivity contribution in [1.29, 1.82) is 0 Å².